The predicted molar refractivity (Wildman–Crippen MR) is 71.4 cm³/mol. The van der Waals surface area contributed by atoms with E-state index < -0.39 is 0 Å². The van der Waals surface area contributed by atoms with Crippen molar-refractivity contribution in [1.82, 2.24) is 0 Å². The van der Waals surface area contributed by atoms with Crippen molar-refractivity contribution in [3.05, 3.63) is 0 Å². The minimum Gasteiger partial charge on any atom is -0.0651 e. The highest BCUT2D eigenvalue weighted by Gasteiger charge is 2.33. The molecule has 5 unspecified atom stereocenters. The van der Waals surface area contributed by atoms with E-state index in [1.807, 2.05) is 0 Å². The third-order valence-electron chi connectivity index (χ3n) is 5.61. The van der Waals surface area contributed by atoms with Crippen molar-refractivity contribution >= 4 is 0 Å². The van der Waals surface area contributed by atoms with Gasteiger partial charge in [0.25, 0.3) is 0 Å². The summed E-state index contributed by atoms with van der Waals surface area (Å²) in [7, 11) is 0. The molecule has 0 N–H and O–H groups in total. The molecule has 2 saturated carbocycles. The van der Waals surface area contributed by atoms with Crippen LogP contribution in [0.3, 0.4) is 0 Å². The van der Waals surface area contributed by atoms with Crippen molar-refractivity contribution in [2.45, 2.75) is 72.1 Å². The molecule has 5 atom stereocenters. The first-order chi connectivity index (χ1) is 7.70. The van der Waals surface area contributed by atoms with Crippen molar-refractivity contribution in [3.8, 4) is 0 Å². The molecule has 0 aromatic carbocycles. The number of hydrogen-bond donors (Lipinski definition) is 0. The lowest BCUT2D eigenvalue weighted by Gasteiger charge is -2.35. The molecule has 0 heterocycles. The van der Waals surface area contributed by atoms with E-state index in [0.29, 0.717) is 0 Å². The number of hydrogen-bond acceptors (Lipinski definition) is 0. The van der Waals surface area contributed by atoms with Crippen LogP contribution in [-0.4, -0.2) is 0 Å². The molecule has 94 valence electrons. The van der Waals surface area contributed by atoms with E-state index in [0.717, 1.165) is 29.6 Å². The molecule has 0 amide bonds. The molecule has 0 aliphatic heterocycles. The molecule has 2 aliphatic carbocycles. The van der Waals surface area contributed by atoms with Crippen molar-refractivity contribution in [2.24, 2.45) is 29.6 Å². The van der Waals surface area contributed by atoms with Crippen molar-refractivity contribution in [3.63, 3.8) is 0 Å². The van der Waals surface area contributed by atoms with Crippen LogP contribution in [-0.2, 0) is 0 Å². The first-order valence-electron chi connectivity index (χ1n) is 7.70. The summed E-state index contributed by atoms with van der Waals surface area (Å²) in [5, 5.41) is 0. The molecule has 2 fully saturated rings. The Bertz CT molecular complexity index is 208. The van der Waals surface area contributed by atoms with Crippen LogP contribution in [0.2, 0.25) is 0 Å². The molecule has 0 nitrogen and oxygen atoms in total. The van der Waals surface area contributed by atoms with E-state index >= 15 is 0 Å². The van der Waals surface area contributed by atoms with Gasteiger partial charge in [-0.2, -0.15) is 0 Å². The fraction of sp³-hybridized carbons (Fsp3) is 1.00. The van der Waals surface area contributed by atoms with Gasteiger partial charge in [0, 0.05) is 0 Å². The Kier molecular flexibility index (Phi) is 4.33. The van der Waals surface area contributed by atoms with Gasteiger partial charge in [0.15, 0.2) is 0 Å². The molecule has 0 bridgehead atoms. The molecule has 2 rings (SSSR count). The lowest BCUT2D eigenvalue weighted by atomic mass is 9.70. The van der Waals surface area contributed by atoms with Crippen LogP contribution in [0.15, 0.2) is 0 Å². The van der Waals surface area contributed by atoms with Gasteiger partial charge >= 0.3 is 0 Å². The Balaban J connectivity index is 1.86. The second kappa shape index (κ2) is 5.56. The maximum absolute atomic E-state index is 2.48. The van der Waals surface area contributed by atoms with Gasteiger partial charge in [0.1, 0.15) is 0 Å². The minimum absolute atomic E-state index is 0.974. The summed E-state index contributed by atoms with van der Waals surface area (Å²) in [6, 6.07) is 0. The molecular formula is C16H30. The number of rotatable bonds is 3. The Morgan fingerprint density at radius 1 is 1.00 bits per heavy atom. The average molecular weight is 222 g/mol. The molecule has 0 saturated heterocycles. The van der Waals surface area contributed by atoms with E-state index in [4.69, 9.17) is 0 Å². The Morgan fingerprint density at radius 3 is 2.38 bits per heavy atom. The van der Waals surface area contributed by atoms with Crippen LogP contribution in [0.25, 0.3) is 0 Å². The zero-order chi connectivity index (χ0) is 11.5. The van der Waals surface area contributed by atoms with Crippen molar-refractivity contribution in [2.75, 3.05) is 0 Å². The molecule has 2 aliphatic rings. The molecule has 0 spiro atoms. The second-order valence-electron chi connectivity index (χ2n) is 6.75. The minimum atomic E-state index is 0.974. The largest absolute Gasteiger partial charge is 0.0651 e. The van der Waals surface area contributed by atoms with E-state index in [-0.39, 0.29) is 0 Å². The van der Waals surface area contributed by atoms with Crippen molar-refractivity contribution < 1.29 is 0 Å². The molecule has 0 aromatic heterocycles. The Hall–Kier alpha value is 0. The summed E-state index contributed by atoms with van der Waals surface area (Å²) < 4.78 is 0. The van der Waals surface area contributed by atoms with E-state index in [1.165, 1.54) is 32.1 Å². The van der Waals surface area contributed by atoms with Gasteiger partial charge < -0.3 is 0 Å². The smallest absolute Gasteiger partial charge is 0.0383 e. The van der Waals surface area contributed by atoms with E-state index in [1.54, 1.807) is 19.3 Å². The molecular weight excluding hydrogens is 192 g/mol. The quantitative estimate of drug-likeness (QED) is 0.610. The third kappa shape index (κ3) is 2.81. The highest BCUT2D eigenvalue weighted by atomic mass is 14.4. The average Bonchev–Trinajstić information content (AvgIpc) is 2.75. The van der Waals surface area contributed by atoms with Crippen LogP contribution in [0.4, 0.5) is 0 Å². The first kappa shape index (κ1) is 12.5. The lowest BCUT2D eigenvalue weighted by molar-refractivity contribution is 0.154. The van der Waals surface area contributed by atoms with Gasteiger partial charge in [-0.3, -0.25) is 0 Å². The highest BCUT2D eigenvalue weighted by molar-refractivity contribution is 4.84. The standard InChI is InChI=1S/C16H30/c1-4-13(3)14-6-5-7-15(11-14)16-9-8-12(2)10-16/h12-16H,4-11H2,1-3H3. The predicted octanol–water partition coefficient (Wildman–Crippen LogP) is 5.28. The summed E-state index contributed by atoms with van der Waals surface area (Å²) in [5.41, 5.74) is 0. The topological polar surface area (TPSA) is 0 Å². The SMILES string of the molecule is CCC(C)C1CCCC(C2CCC(C)C2)C1. The maximum Gasteiger partial charge on any atom is -0.0383 e. The van der Waals surface area contributed by atoms with Gasteiger partial charge in [-0.15, -0.1) is 0 Å². The van der Waals surface area contributed by atoms with Crippen LogP contribution < -0.4 is 0 Å². The molecule has 0 heteroatoms. The fourth-order valence-electron chi connectivity index (χ4n) is 4.22. The zero-order valence-electron chi connectivity index (χ0n) is 11.5. The summed E-state index contributed by atoms with van der Waals surface area (Å²) in [5.74, 6) is 5.25. The summed E-state index contributed by atoms with van der Waals surface area (Å²) in [6.45, 7) is 7.30. The van der Waals surface area contributed by atoms with Gasteiger partial charge in [0.05, 0.1) is 0 Å². The van der Waals surface area contributed by atoms with Gasteiger partial charge in [-0.1, -0.05) is 52.9 Å². The fourth-order valence-corrected chi connectivity index (χ4v) is 4.22. The molecule has 0 radical (unpaired) electrons. The third-order valence-corrected chi connectivity index (χ3v) is 5.61. The van der Waals surface area contributed by atoms with E-state index in [9.17, 15) is 0 Å². The zero-order valence-corrected chi connectivity index (χ0v) is 11.5. The summed E-state index contributed by atoms with van der Waals surface area (Å²) >= 11 is 0. The second-order valence-corrected chi connectivity index (χ2v) is 6.75. The molecule has 16 heavy (non-hydrogen) atoms. The van der Waals surface area contributed by atoms with Crippen LogP contribution >= 0.6 is 0 Å². The van der Waals surface area contributed by atoms with Crippen molar-refractivity contribution in [1.29, 1.82) is 0 Å². The lowest BCUT2D eigenvalue weighted by Crippen LogP contribution is -2.25. The van der Waals surface area contributed by atoms with Crippen LogP contribution in [0, 0.1) is 29.6 Å². The molecule has 0 aromatic rings. The van der Waals surface area contributed by atoms with Crippen LogP contribution in [0.5, 0.6) is 0 Å². The van der Waals surface area contributed by atoms with Gasteiger partial charge in [0.2, 0.25) is 0 Å². The monoisotopic (exact) mass is 222 g/mol. The maximum atomic E-state index is 2.48. The normalized spacial score (nSPS) is 42.2. The van der Waals surface area contributed by atoms with Gasteiger partial charge in [-0.25, -0.2) is 0 Å². The Labute approximate surface area is 102 Å². The van der Waals surface area contributed by atoms with E-state index in [2.05, 4.69) is 20.8 Å². The first-order valence-corrected chi connectivity index (χ1v) is 7.70. The van der Waals surface area contributed by atoms with Crippen LogP contribution in [0.1, 0.15) is 72.1 Å². The van der Waals surface area contributed by atoms with Gasteiger partial charge in [-0.05, 0) is 48.9 Å². The summed E-state index contributed by atoms with van der Waals surface area (Å²) in [4.78, 5) is 0. The highest BCUT2D eigenvalue weighted by Crippen LogP contribution is 2.44. The summed E-state index contributed by atoms with van der Waals surface area (Å²) in [6.07, 6.45) is 12.1. The Morgan fingerprint density at radius 2 is 1.75 bits per heavy atom.